The molecule has 0 aliphatic heterocycles. The quantitative estimate of drug-likeness (QED) is 0.562. The van der Waals surface area contributed by atoms with Crippen molar-refractivity contribution in [3.63, 3.8) is 0 Å². The molecular weight excluding hydrogens is 294 g/mol. The van der Waals surface area contributed by atoms with Gasteiger partial charge >= 0.3 is 0 Å². The van der Waals surface area contributed by atoms with Crippen molar-refractivity contribution in [1.29, 1.82) is 5.41 Å². The molecule has 0 bridgehead atoms. The smallest absolute Gasteiger partial charge is 0.124 e. The van der Waals surface area contributed by atoms with Crippen molar-refractivity contribution in [2.45, 2.75) is 25.7 Å². The molecule has 0 fully saturated rings. The molecule has 110 valence electrons. The van der Waals surface area contributed by atoms with Crippen LogP contribution >= 0.6 is 11.5 Å². The van der Waals surface area contributed by atoms with Crippen molar-refractivity contribution >= 4 is 34.3 Å². The summed E-state index contributed by atoms with van der Waals surface area (Å²) in [5.74, 6) is 0. The lowest BCUT2D eigenvalue weighted by atomic mass is 9.86. The van der Waals surface area contributed by atoms with Crippen LogP contribution in [0, 0.1) is 5.41 Å². The summed E-state index contributed by atoms with van der Waals surface area (Å²) in [6, 6.07) is 3.77. The van der Waals surface area contributed by atoms with Gasteiger partial charge in [-0.2, -0.15) is 0 Å². The Bertz CT molecular complexity index is 870. The molecule has 0 unspecified atom stereocenters. The van der Waals surface area contributed by atoms with E-state index in [4.69, 9.17) is 16.1 Å². The van der Waals surface area contributed by atoms with Gasteiger partial charge in [0.15, 0.2) is 0 Å². The first kappa shape index (κ1) is 13.3. The van der Waals surface area contributed by atoms with Crippen LogP contribution in [0.2, 0.25) is 0 Å². The third-order valence-corrected chi connectivity index (χ3v) is 4.80. The molecule has 0 amide bonds. The minimum absolute atomic E-state index is 0.639. The Labute approximate surface area is 131 Å². The molecule has 0 atom stereocenters. The number of nitrogens with zero attached hydrogens (tertiary/aromatic N) is 3. The van der Waals surface area contributed by atoms with Crippen molar-refractivity contribution in [3.8, 4) is 11.4 Å². The van der Waals surface area contributed by atoms with Gasteiger partial charge in [0.05, 0.1) is 11.2 Å². The van der Waals surface area contributed by atoms with Crippen LogP contribution in [0.15, 0.2) is 17.5 Å². The fourth-order valence-corrected chi connectivity index (χ4v) is 3.74. The molecule has 1 aromatic carbocycles. The molecule has 3 N–H and O–H groups in total. The highest BCUT2D eigenvalue weighted by Crippen LogP contribution is 2.36. The number of anilines is 1. The summed E-state index contributed by atoms with van der Waals surface area (Å²) in [5.41, 5.74) is 12.7. The van der Waals surface area contributed by atoms with E-state index in [1.165, 1.54) is 28.9 Å². The number of aromatic nitrogens is 3. The summed E-state index contributed by atoms with van der Waals surface area (Å²) in [4.78, 5) is 4.83. The maximum atomic E-state index is 7.72. The zero-order valence-corrected chi connectivity index (χ0v) is 12.8. The van der Waals surface area contributed by atoms with Gasteiger partial charge in [-0.15, -0.1) is 5.10 Å². The van der Waals surface area contributed by atoms with Gasteiger partial charge in [0.25, 0.3) is 0 Å². The number of pyridine rings is 1. The molecular formula is C16H15N5S. The minimum atomic E-state index is 0.639. The van der Waals surface area contributed by atoms with E-state index in [1.54, 1.807) is 0 Å². The van der Waals surface area contributed by atoms with Crippen LogP contribution in [0.4, 0.5) is 5.69 Å². The molecule has 0 saturated carbocycles. The molecule has 0 spiro atoms. The van der Waals surface area contributed by atoms with Crippen LogP contribution in [0.1, 0.15) is 29.5 Å². The zero-order chi connectivity index (χ0) is 15.1. The number of nitrogens with one attached hydrogen (secondary N) is 1. The number of nitrogens with two attached hydrogens (primary N) is 1. The van der Waals surface area contributed by atoms with Gasteiger partial charge in [-0.05, 0) is 60.5 Å². The van der Waals surface area contributed by atoms with Crippen LogP contribution in [0.5, 0.6) is 0 Å². The highest BCUT2D eigenvalue weighted by atomic mass is 32.1. The highest BCUT2D eigenvalue weighted by Gasteiger charge is 2.22. The molecule has 1 aliphatic rings. The van der Waals surface area contributed by atoms with E-state index in [9.17, 15) is 0 Å². The number of fused-ring (bicyclic) bond motifs is 3. The Morgan fingerprint density at radius 3 is 2.73 bits per heavy atom. The number of hydrogen-bond acceptors (Lipinski definition) is 6. The van der Waals surface area contributed by atoms with E-state index >= 15 is 0 Å². The van der Waals surface area contributed by atoms with Gasteiger partial charge in [-0.25, -0.2) is 4.98 Å². The van der Waals surface area contributed by atoms with E-state index in [1.807, 2.05) is 17.5 Å². The molecule has 6 heteroatoms. The maximum absolute atomic E-state index is 7.72. The number of aryl methyl sites for hydroxylation is 1. The molecule has 2 heterocycles. The third-order valence-electron chi connectivity index (χ3n) is 4.29. The third kappa shape index (κ3) is 1.91. The van der Waals surface area contributed by atoms with E-state index in [-0.39, 0.29) is 0 Å². The second-order valence-electron chi connectivity index (χ2n) is 5.52. The summed E-state index contributed by atoms with van der Waals surface area (Å²) in [5, 5.41) is 14.9. The van der Waals surface area contributed by atoms with Crippen molar-refractivity contribution < 1.29 is 0 Å². The average Bonchev–Trinajstić information content (AvgIpc) is 3.08. The fourth-order valence-electron chi connectivity index (χ4n) is 3.30. The topological polar surface area (TPSA) is 88.5 Å². The average molecular weight is 309 g/mol. The Kier molecular flexibility index (Phi) is 3.11. The fraction of sp³-hybridized carbons (Fsp3) is 0.250. The first-order valence-electron chi connectivity index (χ1n) is 7.31. The number of nitrogen functional groups attached to an aromatic ring is 1. The van der Waals surface area contributed by atoms with Gasteiger partial charge in [0.1, 0.15) is 5.69 Å². The molecule has 0 saturated heterocycles. The normalized spacial score (nSPS) is 14.0. The summed E-state index contributed by atoms with van der Waals surface area (Å²) in [6.45, 7) is 0. The molecule has 2 aromatic heterocycles. The predicted octanol–water partition coefficient (Wildman–Crippen LogP) is 3.21. The number of benzene rings is 1. The van der Waals surface area contributed by atoms with Crippen LogP contribution in [-0.4, -0.2) is 20.8 Å². The van der Waals surface area contributed by atoms with Crippen molar-refractivity contribution in [2.24, 2.45) is 0 Å². The standard InChI is InChI=1S/C16H15N5S/c17-7-11-12(18)5-6-13-15(11)9-3-1-2-4-10(9)16(19-13)14-8-22-21-20-14/h5-8,17H,1-4,18H2. The lowest BCUT2D eigenvalue weighted by molar-refractivity contribution is 0.688. The van der Waals surface area contributed by atoms with E-state index < -0.39 is 0 Å². The second-order valence-corrected chi connectivity index (χ2v) is 6.13. The molecule has 1 aliphatic carbocycles. The Balaban J connectivity index is 2.13. The molecule has 4 rings (SSSR count). The minimum Gasteiger partial charge on any atom is -0.398 e. The Morgan fingerprint density at radius 1 is 1.18 bits per heavy atom. The van der Waals surface area contributed by atoms with Gasteiger partial charge in [0.2, 0.25) is 0 Å². The molecule has 3 aromatic rings. The maximum Gasteiger partial charge on any atom is 0.124 e. The first-order valence-corrected chi connectivity index (χ1v) is 8.15. The van der Waals surface area contributed by atoms with E-state index in [0.29, 0.717) is 5.69 Å². The molecule has 0 radical (unpaired) electrons. The van der Waals surface area contributed by atoms with E-state index in [0.717, 1.165) is 53.5 Å². The van der Waals surface area contributed by atoms with Crippen molar-refractivity contribution in [3.05, 3.63) is 34.2 Å². The lowest BCUT2D eigenvalue weighted by Crippen LogP contribution is -2.09. The predicted molar refractivity (Wildman–Crippen MR) is 89.6 cm³/mol. The van der Waals surface area contributed by atoms with Crippen molar-refractivity contribution in [2.75, 3.05) is 5.73 Å². The highest BCUT2D eigenvalue weighted by molar-refractivity contribution is 7.03. The second kappa shape index (κ2) is 5.14. The van der Waals surface area contributed by atoms with Gasteiger partial charge in [-0.1, -0.05) is 4.49 Å². The SMILES string of the molecule is N=Cc1c(N)ccc2nc(-c3csnn3)c3c(c12)CCCC3. The largest absolute Gasteiger partial charge is 0.398 e. The first-order chi connectivity index (χ1) is 10.8. The Hall–Kier alpha value is -2.34. The van der Waals surface area contributed by atoms with Crippen LogP contribution in [0.3, 0.4) is 0 Å². The number of hydrogen-bond donors (Lipinski definition) is 2. The monoisotopic (exact) mass is 309 g/mol. The van der Waals surface area contributed by atoms with Crippen LogP contribution < -0.4 is 5.73 Å². The van der Waals surface area contributed by atoms with Gasteiger partial charge in [0, 0.05) is 28.2 Å². The van der Waals surface area contributed by atoms with Crippen LogP contribution in [-0.2, 0) is 12.8 Å². The van der Waals surface area contributed by atoms with Gasteiger partial charge < -0.3 is 11.1 Å². The number of rotatable bonds is 2. The summed E-state index contributed by atoms with van der Waals surface area (Å²) >= 11 is 1.34. The van der Waals surface area contributed by atoms with Crippen molar-refractivity contribution in [1.82, 2.24) is 14.6 Å². The Morgan fingerprint density at radius 2 is 2.00 bits per heavy atom. The molecule has 22 heavy (non-hydrogen) atoms. The zero-order valence-electron chi connectivity index (χ0n) is 12.0. The van der Waals surface area contributed by atoms with Gasteiger partial charge in [-0.3, -0.25) is 0 Å². The molecule has 5 nitrogen and oxygen atoms in total. The van der Waals surface area contributed by atoms with E-state index in [2.05, 4.69) is 9.59 Å². The summed E-state index contributed by atoms with van der Waals surface area (Å²) < 4.78 is 3.97. The summed E-state index contributed by atoms with van der Waals surface area (Å²) in [7, 11) is 0. The summed E-state index contributed by atoms with van der Waals surface area (Å²) in [6.07, 6.45) is 5.67. The van der Waals surface area contributed by atoms with Crippen LogP contribution in [0.25, 0.3) is 22.3 Å². The lowest BCUT2D eigenvalue weighted by Gasteiger charge is -2.21.